The van der Waals surface area contributed by atoms with Gasteiger partial charge in [-0.25, -0.2) is 0 Å². The number of ketones is 1. The highest BCUT2D eigenvalue weighted by Gasteiger charge is 2.10. The Labute approximate surface area is 65.2 Å². The van der Waals surface area contributed by atoms with Crippen LogP contribution in [-0.2, 0) is 0 Å². The van der Waals surface area contributed by atoms with Crippen LogP contribution < -0.4 is 5.73 Å². The van der Waals surface area contributed by atoms with Gasteiger partial charge in [0.15, 0.2) is 5.78 Å². The Morgan fingerprint density at radius 2 is 2.55 bits per heavy atom. The number of carbonyl (C=O) groups excluding carboxylic acids is 1. The molecule has 3 nitrogen and oxygen atoms in total. The predicted molar refractivity (Wildman–Crippen MR) is 41.1 cm³/mol. The van der Waals surface area contributed by atoms with Crippen LogP contribution in [0.1, 0.15) is 17.4 Å². The highest BCUT2D eigenvalue weighted by Crippen LogP contribution is 1.96. The van der Waals surface area contributed by atoms with E-state index in [1.165, 1.54) is 12.3 Å². The molecule has 3 heteroatoms. The first-order valence-corrected chi connectivity index (χ1v) is 3.33. The lowest BCUT2D eigenvalue weighted by molar-refractivity contribution is 0.0963. The van der Waals surface area contributed by atoms with E-state index in [2.05, 4.69) is 11.1 Å². The van der Waals surface area contributed by atoms with Crippen LogP contribution in [-0.4, -0.2) is 16.8 Å². The van der Waals surface area contributed by atoms with E-state index in [0.29, 0.717) is 5.69 Å². The van der Waals surface area contributed by atoms with Crippen molar-refractivity contribution in [2.75, 3.05) is 0 Å². The molecule has 0 saturated carbocycles. The fourth-order valence-electron chi connectivity index (χ4n) is 0.693. The molecule has 1 atom stereocenters. The summed E-state index contributed by atoms with van der Waals surface area (Å²) in [6.45, 7) is 1.64. The van der Waals surface area contributed by atoms with Crippen molar-refractivity contribution in [3.8, 4) is 0 Å². The predicted octanol–water partition coefficient (Wildman–Crippen LogP) is 0.412. The van der Waals surface area contributed by atoms with E-state index in [4.69, 9.17) is 5.73 Å². The first-order chi connectivity index (χ1) is 5.22. The van der Waals surface area contributed by atoms with Gasteiger partial charge in [0.25, 0.3) is 0 Å². The topological polar surface area (TPSA) is 56.0 Å². The molecular formula is C8H9N2O. The van der Waals surface area contributed by atoms with E-state index in [1.54, 1.807) is 13.0 Å². The molecule has 0 aliphatic carbocycles. The molecule has 0 bridgehead atoms. The summed E-state index contributed by atoms with van der Waals surface area (Å²) < 4.78 is 0. The molecule has 1 rings (SSSR count). The molecule has 0 saturated heterocycles. The third-order valence-corrected chi connectivity index (χ3v) is 1.27. The average Bonchev–Trinajstić information content (AvgIpc) is 2.05. The summed E-state index contributed by atoms with van der Waals surface area (Å²) in [5.41, 5.74) is 5.74. The van der Waals surface area contributed by atoms with Crippen LogP contribution in [0.5, 0.6) is 0 Å². The summed E-state index contributed by atoms with van der Waals surface area (Å²) >= 11 is 0. The van der Waals surface area contributed by atoms with Crippen molar-refractivity contribution in [1.82, 2.24) is 4.98 Å². The van der Waals surface area contributed by atoms with Gasteiger partial charge >= 0.3 is 0 Å². The zero-order chi connectivity index (χ0) is 8.27. The smallest absolute Gasteiger partial charge is 0.197 e. The summed E-state index contributed by atoms with van der Waals surface area (Å²) in [7, 11) is 0. The van der Waals surface area contributed by atoms with E-state index in [-0.39, 0.29) is 5.78 Å². The van der Waals surface area contributed by atoms with Crippen LogP contribution >= 0.6 is 0 Å². The first-order valence-electron chi connectivity index (χ1n) is 3.33. The van der Waals surface area contributed by atoms with Gasteiger partial charge in [0, 0.05) is 6.20 Å². The van der Waals surface area contributed by atoms with Gasteiger partial charge in [0.2, 0.25) is 0 Å². The Balaban J connectivity index is 2.86. The van der Waals surface area contributed by atoms with Crippen molar-refractivity contribution >= 4 is 5.78 Å². The maximum atomic E-state index is 11.1. The molecule has 57 valence electrons. The SMILES string of the molecule is C[C@H](N)C(=O)c1c[c]ccn1. The van der Waals surface area contributed by atoms with Gasteiger partial charge in [-0.1, -0.05) is 0 Å². The lowest BCUT2D eigenvalue weighted by Crippen LogP contribution is -2.27. The average molecular weight is 149 g/mol. The van der Waals surface area contributed by atoms with Crippen LogP contribution in [0.4, 0.5) is 0 Å². The molecule has 1 aromatic rings. The zero-order valence-corrected chi connectivity index (χ0v) is 6.24. The molecule has 1 heterocycles. The second-order valence-corrected chi connectivity index (χ2v) is 2.29. The molecule has 0 unspecified atom stereocenters. The number of carbonyl (C=O) groups is 1. The standard InChI is InChI=1S/C8H9N2O/c1-6(9)8(11)7-4-2-3-5-10-7/h3-6H,9H2,1H3/t6-/m0/s1. The summed E-state index contributed by atoms with van der Waals surface area (Å²) in [5.74, 6) is -0.151. The molecule has 0 aliphatic rings. The van der Waals surface area contributed by atoms with Gasteiger partial charge in [-0.15, -0.1) is 0 Å². The zero-order valence-electron chi connectivity index (χ0n) is 6.24. The molecule has 0 amide bonds. The van der Waals surface area contributed by atoms with Gasteiger partial charge < -0.3 is 5.73 Å². The molecule has 2 N–H and O–H groups in total. The third-order valence-electron chi connectivity index (χ3n) is 1.27. The first kappa shape index (κ1) is 7.88. The number of aromatic nitrogens is 1. The molecule has 1 aromatic heterocycles. The van der Waals surface area contributed by atoms with Gasteiger partial charge in [-0.05, 0) is 25.1 Å². The van der Waals surface area contributed by atoms with Crippen LogP contribution in [0, 0.1) is 6.07 Å². The minimum absolute atomic E-state index is 0.151. The molecule has 11 heavy (non-hydrogen) atoms. The fraction of sp³-hybridized carbons (Fsp3) is 0.250. The monoisotopic (exact) mass is 149 g/mol. The van der Waals surface area contributed by atoms with Crippen molar-refractivity contribution in [3.63, 3.8) is 0 Å². The van der Waals surface area contributed by atoms with E-state index in [0.717, 1.165) is 0 Å². The Hall–Kier alpha value is -1.22. The highest BCUT2D eigenvalue weighted by molar-refractivity contribution is 5.97. The summed E-state index contributed by atoms with van der Waals surface area (Å²) in [6.07, 6.45) is 1.52. The molecule has 1 radical (unpaired) electrons. The number of hydrogen-bond acceptors (Lipinski definition) is 3. The number of nitrogens with zero attached hydrogens (tertiary/aromatic N) is 1. The quantitative estimate of drug-likeness (QED) is 0.620. The van der Waals surface area contributed by atoms with E-state index >= 15 is 0 Å². The van der Waals surface area contributed by atoms with Gasteiger partial charge in [0.1, 0.15) is 5.69 Å². The van der Waals surface area contributed by atoms with E-state index in [9.17, 15) is 4.79 Å². The molecule has 0 aliphatic heterocycles. The number of pyridine rings is 1. The van der Waals surface area contributed by atoms with Crippen LogP contribution in [0.2, 0.25) is 0 Å². The number of rotatable bonds is 2. The van der Waals surface area contributed by atoms with Crippen LogP contribution in [0.25, 0.3) is 0 Å². The van der Waals surface area contributed by atoms with Crippen molar-refractivity contribution in [3.05, 3.63) is 30.1 Å². The fourth-order valence-corrected chi connectivity index (χ4v) is 0.693. The van der Waals surface area contributed by atoms with Gasteiger partial charge in [-0.2, -0.15) is 0 Å². The molecule has 0 aromatic carbocycles. The second-order valence-electron chi connectivity index (χ2n) is 2.29. The van der Waals surface area contributed by atoms with Crippen molar-refractivity contribution in [1.29, 1.82) is 0 Å². The Kier molecular flexibility index (Phi) is 2.33. The lowest BCUT2D eigenvalue weighted by Gasteiger charge is -2.00. The number of hydrogen-bond donors (Lipinski definition) is 1. The van der Waals surface area contributed by atoms with E-state index in [1.807, 2.05) is 0 Å². The van der Waals surface area contributed by atoms with Crippen molar-refractivity contribution in [2.24, 2.45) is 5.73 Å². The Bertz CT molecular complexity index is 244. The van der Waals surface area contributed by atoms with E-state index < -0.39 is 6.04 Å². The lowest BCUT2D eigenvalue weighted by atomic mass is 10.1. The van der Waals surface area contributed by atoms with Gasteiger partial charge in [-0.3, -0.25) is 9.78 Å². The number of nitrogens with two attached hydrogens (primary N) is 1. The minimum Gasteiger partial charge on any atom is -0.321 e. The van der Waals surface area contributed by atoms with Crippen molar-refractivity contribution in [2.45, 2.75) is 13.0 Å². The van der Waals surface area contributed by atoms with Crippen molar-refractivity contribution < 1.29 is 4.79 Å². The van der Waals surface area contributed by atoms with Crippen LogP contribution in [0.15, 0.2) is 18.3 Å². The number of Topliss-reactive ketones (excluding diaryl/α,β-unsaturated/α-hetero) is 1. The largest absolute Gasteiger partial charge is 0.321 e. The minimum atomic E-state index is -0.488. The maximum absolute atomic E-state index is 11.1. The molecular weight excluding hydrogens is 140 g/mol. The molecule has 0 fully saturated rings. The third kappa shape index (κ3) is 1.85. The summed E-state index contributed by atoms with van der Waals surface area (Å²) in [6, 6.07) is 5.44. The van der Waals surface area contributed by atoms with Gasteiger partial charge in [0.05, 0.1) is 6.04 Å². The summed E-state index contributed by atoms with van der Waals surface area (Å²) in [4.78, 5) is 15.0. The summed E-state index contributed by atoms with van der Waals surface area (Å²) in [5, 5.41) is 0. The second kappa shape index (κ2) is 3.25. The Morgan fingerprint density at radius 1 is 1.82 bits per heavy atom. The van der Waals surface area contributed by atoms with Crippen LogP contribution in [0.3, 0.4) is 0 Å². The normalized spacial score (nSPS) is 12.5. The maximum Gasteiger partial charge on any atom is 0.197 e. The Morgan fingerprint density at radius 3 is 3.00 bits per heavy atom. The highest BCUT2D eigenvalue weighted by atomic mass is 16.1. The molecule has 0 spiro atoms.